The maximum atomic E-state index is 14.6. The molecule has 0 aromatic carbocycles. The molecule has 0 bridgehead atoms. The summed E-state index contributed by atoms with van der Waals surface area (Å²) in [5, 5.41) is 28.8. The van der Waals surface area contributed by atoms with Gasteiger partial charge in [-0.15, -0.1) is 0 Å². The molecule has 6 N–H and O–H groups in total. The van der Waals surface area contributed by atoms with Crippen LogP contribution in [-0.2, 0) is 33.3 Å². The minimum absolute atomic E-state index is 0.123. The van der Waals surface area contributed by atoms with E-state index in [2.05, 4.69) is 38.3 Å². The number of rotatable bonds is 10. The molecule has 360 valence electrons. The van der Waals surface area contributed by atoms with Crippen LogP contribution in [0.25, 0.3) is 0 Å². The normalized spacial score (nSPS) is 40.4. The van der Waals surface area contributed by atoms with E-state index in [9.17, 15) is 29.4 Å². The molecule has 2 spiro atoms. The molecule has 1 heterocycles. The second kappa shape index (κ2) is 16.0. The van der Waals surface area contributed by atoms with Crippen LogP contribution in [0.4, 0.5) is 9.59 Å². The fourth-order valence-electron chi connectivity index (χ4n) is 14.3. The number of carbonyl (C=O) groups is 4. The van der Waals surface area contributed by atoms with Crippen molar-refractivity contribution in [2.75, 3.05) is 0 Å². The van der Waals surface area contributed by atoms with Crippen LogP contribution >= 0.6 is 0 Å². The molecule has 14 heteroatoms. The standard InChI is InChI=1S/C49H83N3O11/c1-26(2)33(51-39(56)62-41(5,6)7)37(54)59-29-23-30-47(22-21-45(15)35(28(53)24-49(30,45)50)46(16)19-17-32(61-46)44(13,14)58)25-48(47)20-18-31(43(11,12)36(29)48)60-38(55)34(27(3)4)52-40(57)63-42(8,9)10/h26-36,53,58H,17-25,50H2,1-16H3,(H,51,56)(H,52,57)/t28-,29-,30?,31-,32-,33-,34-,35-,36?,45+,46+,47?,48+,49+/m0/s1. The van der Waals surface area contributed by atoms with E-state index in [0.717, 1.165) is 19.3 Å². The highest BCUT2D eigenvalue weighted by Crippen LogP contribution is 2.87. The number of nitrogens with two attached hydrogens (primary N) is 1. The third-order valence-electron chi connectivity index (χ3n) is 16.9. The number of aliphatic hydroxyl groups is 2. The van der Waals surface area contributed by atoms with Crippen LogP contribution in [0.3, 0.4) is 0 Å². The lowest BCUT2D eigenvalue weighted by molar-refractivity contribution is -0.216. The summed E-state index contributed by atoms with van der Waals surface area (Å²) in [5.41, 5.74) is 2.08. The van der Waals surface area contributed by atoms with Crippen LogP contribution in [-0.4, -0.2) is 98.8 Å². The lowest BCUT2D eigenvalue weighted by Gasteiger charge is -2.64. The highest BCUT2D eigenvalue weighted by atomic mass is 16.6. The first-order valence-electron chi connectivity index (χ1n) is 23.8. The molecular weight excluding hydrogens is 807 g/mol. The SMILES string of the molecule is CC(C)[C@H](NC(=O)OC(C)(C)C)C(=O)O[C@H]1CC2C3(CC[C@]4(C)[C@@H]([C@@]5(C)CC[C@@H](C(C)(C)O)O5)[C@@H](O)C[C@@]24N)C[C@@]32CC[C@H](OC(=O)[C@@H](NC(=O)OC(C)(C)C)C(C)C)C(C)(C)C12. The summed E-state index contributed by atoms with van der Waals surface area (Å²) in [6, 6.07) is -1.95. The number of nitrogens with one attached hydrogen (secondary N) is 2. The maximum Gasteiger partial charge on any atom is 0.408 e. The number of carbonyl (C=O) groups excluding carboxylic acids is 4. The topological polar surface area (TPSA) is 205 Å². The largest absolute Gasteiger partial charge is 0.460 e. The van der Waals surface area contributed by atoms with Crippen LogP contribution in [0.1, 0.15) is 169 Å². The zero-order valence-corrected chi connectivity index (χ0v) is 41.4. The predicted molar refractivity (Wildman–Crippen MR) is 237 cm³/mol. The second-order valence-electron chi connectivity index (χ2n) is 25.1. The molecule has 5 saturated carbocycles. The molecule has 2 amide bonds. The van der Waals surface area contributed by atoms with E-state index in [0.29, 0.717) is 38.5 Å². The number of aliphatic hydroxyl groups excluding tert-OH is 1. The van der Waals surface area contributed by atoms with Crippen LogP contribution in [0.15, 0.2) is 0 Å². The molecular formula is C49H83N3O11. The summed E-state index contributed by atoms with van der Waals surface area (Å²) in [4.78, 5) is 54.7. The van der Waals surface area contributed by atoms with Gasteiger partial charge in [0.25, 0.3) is 0 Å². The van der Waals surface area contributed by atoms with E-state index in [1.807, 2.05) is 27.7 Å². The fourth-order valence-corrected chi connectivity index (χ4v) is 14.3. The van der Waals surface area contributed by atoms with Crippen LogP contribution in [0.2, 0.25) is 0 Å². The van der Waals surface area contributed by atoms with E-state index in [1.54, 1.807) is 55.4 Å². The van der Waals surface area contributed by atoms with Gasteiger partial charge in [0.2, 0.25) is 0 Å². The van der Waals surface area contributed by atoms with Crippen molar-refractivity contribution in [3.05, 3.63) is 0 Å². The minimum atomic E-state index is -1.04. The lowest BCUT2D eigenvalue weighted by Crippen LogP contribution is -2.69. The van der Waals surface area contributed by atoms with Crippen molar-refractivity contribution in [2.45, 2.75) is 233 Å². The van der Waals surface area contributed by atoms with E-state index in [1.165, 1.54) is 0 Å². The van der Waals surface area contributed by atoms with E-state index < -0.39 is 93.3 Å². The Morgan fingerprint density at radius 2 is 1.25 bits per heavy atom. The van der Waals surface area contributed by atoms with Gasteiger partial charge in [-0.05, 0) is 154 Å². The zero-order chi connectivity index (χ0) is 47.5. The molecule has 0 radical (unpaired) electrons. The number of hydrogen-bond acceptors (Lipinski definition) is 12. The molecule has 0 aromatic rings. The number of ether oxygens (including phenoxy) is 5. The summed E-state index contributed by atoms with van der Waals surface area (Å²) >= 11 is 0. The molecule has 14 atom stereocenters. The first kappa shape index (κ1) is 49.7. The molecule has 5 aliphatic carbocycles. The van der Waals surface area contributed by atoms with Gasteiger partial charge >= 0.3 is 24.1 Å². The first-order chi connectivity index (χ1) is 28.6. The van der Waals surface area contributed by atoms with Crippen molar-refractivity contribution in [2.24, 2.45) is 57.0 Å². The Hall–Kier alpha value is -2.68. The van der Waals surface area contributed by atoms with Crippen LogP contribution < -0.4 is 16.4 Å². The Morgan fingerprint density at radius 1 is 0.730 bits per heavy atom. The number of alkyl carbamates (subject to hydrolysis) is 2. The van der Waals surface area contributed by atoms with Crippen LogP contribution in [0, 0.1) is 51.2 Å². The molecule has 6 aliphatic rings. The van der Waals surface area contributed by atoms with Gasteiger partial charge < -0.3 is 50.3 Å². The van der Waals surface area contributed by atoms with Gasteiger partial charge in [0.1, 0.15) is 35.5 Å². The highest BCUT2D eigenvalue weighted by Gasteiger charge is 2.86. The van der Waals surface area contributed by atoms with Gasteiger partial charge in [0.05, 0.1) is 23.4 Å². The Kier molecular flexibility index (Phi) is 12.6. The van der Waals surface area contributed by atoms with Gasteiger partial charge in [0, 0.05) is 22.8 Å². The summed E-state index contributed by atoms with van der Waals surface area (Å²) in [7, 11) is 0. The third kappa shape index (κ3) is 8.63. The predicted octanol–water partition coefficient (Wildman–Crippen LogP) is 7.33. The molecule has 63 heavy (non-hydrogen) atoms. The highest BCUT2D eigenvalue weighted by molar-refractivity contribution is 5.82. The second-order valence-corrected chi connectivity index (χ2v) is 25.1. The third-order valence-corrected chi connectivity index (χ3v) is 16.9. The molecule has 6 fully saturated rings. The van der Waals surface area contributed by atoms with Gasteiger partial charge in [-0.3, -0.25) is 0 Å². The number of fused-ring (bicyclic) bond motifs is 2. The van der Waals surface area contributed by atoms with Crippen molar-refractivity contribution >= 4 is 24.1 Å². The number of hydrogen-bond donors (Lipinski definition) is 5. The minimum Gasteiger partial charge on any atom is -0.460 e. The zero-order valence-electron chi connectivity index (χ0n) is 41.4. The average molecular weight is 890 g/mol. The summed E-state index contributed by atoms with van der Waals surface area (Å²) in [5.74, 6) is -2.39. The van der Waals surface area contributed by atoms with Crippen molar-refractivity contribution in [1.29, 1.82) is 0 Å². The van der Waals surface area contributed by atoms with Crippen LogP contribution in [0.5, 0.6) is 0 Å². The number of amides is 2. The fraction of sp³-hybridized carbons (Fsp3) is 0.918. The van der Waals surface area contributed by atoms with Crippen molar-refractivity contribution in [1.82, 2.24) is 10.6 Å². The molecule has 1 aliphatic heterocycles. The monoisotopic (exact) mass is 890 g/mol. The number of esters is 2. The Labute approximate surface area is 376 Å². The average Bonchev–Trinajstić information content (AvgIpc) is 3.46. The van der Waals surface area contributed by atoms with Gasteiger partial charge in [-0.25, -0.2) is 19.2 Å². The Bertz CT molecular complexity index is 1780. The molecule has 3 unspecified atom stereocenters. The Morgan fingerprint density at radius 3 is 1.73 bits per heavy atom. The van der Waals surface area contributed by atoms with Gasteiger partial charge in [-0.1, -0.05) is 48.5 Å². The lowest BCUT2D eigenvalue weighted by atomic mass is 9.43. The van der Waals surface area contributed by atoms with Crippen molar-refractivity contribution < 1.29 is 53.1 Å². The summed E-state index contributed by atoms with van der Waals surface area (Å²) in [6.45, 7) is 30.0. The Balaban J connectivity index is 1.36. The van der Waals surface area contributed by atoms with Crippen molar-refractivity contribution in [3.8, 4) is 0 Å². The first-order valence-corrected chi connectivity index (χ1v) is 23.8. The summed E-state index contributed by atoms with van der Waals surface area (Å²) in [6.07, 6.45) is 2.22. The quantitative estimate of drug-likeness (QED) is 0.108. The van der Waals surface area contributed by atoms with E-state index in [4.69, 9.17) is 29.4 Å². The van der Waals surface area contributed by atoms with E-state index >= 15 is 0 Å². The van der Waals surface area contributed by atoms with Crippen molar-refractivity contribution in [3.63, 3.8) is 0 Å². The van der Waals surface area contributed by atoms with Gasteiger partial charge in [0.15, 0.2) is 0 Å². The smallest absolute Gasteiger partial charge is 0.408 e. The summed E-state index contributed by atoms with van der Waals surface area (Å²) < 4.78 is 31.1. The van der Waals surface area contributed by atoms with Gasteiger partial charge in [-0.2, -0.15) is 0 Å². The van der Waals surface area contributed by atoms with E-state index in [-0.39, 0.29) is 46.5 Å². The molecule has 0 aromatic heterocycles. The molecule has 1 saturated heterocycles. The molecule has 14 nitrogen and oxygen atoms in total. The maximum absolute atomic E-state index is 14.6. The molecule has 6 rings (SSSR count).